The van der Waals surface area contributed by atoms with Crippen LogP contribution in [-0.4, -0.2) is 30.5 Å². The van der Waals surface area contributed by atoms with Crippen LogP contribution in [0.25, 0.3) is 10.6 Å². The molecule has 2 aromatic heterocycles. The highest BCUT2D eigenvalue weighted by atomic mass is 35.5. The molecule has 3 heterocycles. The molecule has 0 radical (unpaired) electrons. The molecule has 3 rings (SSSR count). The molecule has 2 aromatic rings. The standard InChI is InChI=1S/C16H21N3OS2.ClH/c1-11-19-14(10-21-11)15-5-4-13(22-15)6-8-18-16(20)12-3-2-7-17-9-12;/h4-5,10,12,17H,2-3,6-9H2,1H3,(H,18,20);1H. The van der Waals surface area contributed by atoms with Crippen LogP contribution in [0, 0.1) is 12.8 Å². The SMILES string of the molecule is Cc1nc(-c2ccc(CCNC(=O)C3CCCNC3)s2)cs1.Cl. The Balaban J connectivity index is 0.00000192. The molecule has 1 amide bonds. The third kappa shape index (κ3) is 5.01. The molecule has 126 valence electrons. The average Bonchev–Trinajstić information content (AvgIpc) is 3.17. The van der Waals surface area contributed by atoms with Gasteiger partial charge in [-0.2, -0.15) is 0 Å². The minimum absolute atomic E-state index is 0. The van der Waals surface area contributed by atoms with E-state index in [0.29, 0.717) is 6.54 Å². The number of halogens is 1. The van der Waals surface area contributed by atoms with Gasteiger partial charge < -0.3 is 10.6 Å². The fourth-order valence-electron chi connectivity index (χ4n) is 2.66. The maximum Gasteiger partial charge on any atom is 0.224 e. The maximum absolute atomic E-state index is 12.1. The first-order chi connectivity index (χ1) is 10.7. The molecule has 0 bridgehead atoms. The molecule has 0 spiro atoms. The van der Waals surface area contributed by atoms with E-state index in [9.17, 15) is 4.79 Å². The molecule has 1 atom stereocenters. The summed E-state index contributed by atoms with van der Waals surface area (Å²) >= 11 is 3.45. The van der Waals surface area contributed by atoms with Crippen LogP contribution >= 0.6 is 35.1 Å². The predicted octanol–water partition coefficient (Wildman–Crippen LogP) is 3.26. The first kappa shape index (κ1) is 18.4. The molecular formula is C16H22ClN3OS2. The number of carbonyl (C=O) groups excluding carboxylic acids is 1. The van der Waals surface area contributed by atoms with Gasteiger partial charge in [0.15, 0.2) is 0 Å². The van der Waals surface area contributed by atoms with Gasteiger partial charge in [-0.3, -0.25) is 4.79 Å². The largest absolute Gasteiger partial charge is 0.355 e. The molecule has 4 nitrogen and oxygen atoms in total. The number of carbonyl (C=O) groups is 1. The van der Waals surface area contributed by atoms with Crippen LogP contribution in [0.15, 0.2) is 17.5 Å². The number of amides is 1. The number of aryl methyl sites for hydroxylation is 1. The Morgan fingerprint density at radius 1 is 1.48 bits per heavy atom. The summed E-state index contributed by atoms with van der Waals surface area (Å²) in [5, 5.41) is 9.55. The Kier molecular flexibility index (Phi) is 7.02. The highest BCUT2D eigenvalue weighted by Crippen LogP contribution is 2.29. The van der Waals surface area contributed by atoms with Gasteiger partial charge in [-0.1, -0.05) is 0 Å². The van der Waals surface area contributed by atoms with Crippen LogP contribution in [0.5, 0.6) is 0 Å². The Hall–Kier alpha value is -0.950. The van der Waals surface area contributed by atoms with Crippen molar-refractivity contribution in [1.82, 2.24) is 15.6 Å². The molecule has 0 saturated carbocycles. The van der Waals surface area contributed by atoms with Crippen molar-refractivity contribution in [3.05, 3.63) is 27.4 Å². The number of piperidine rings is 1. The van der Waals surface area contributed by atoms with Gasteiger partial charge >= 0.3 is 0 Å². The van der Waals surface area contributed by atoms with Gasteiger partial charge in [0.05, 0.1) is 21.5 Å². The van der Waals surface area contributed by atoms with Crippen molar-refractivity contribution in [2.45, 2.75) is 26.2 Å². The first-order valence-corrected chi connectivity index (χ1v) is 9.41. The van der Waals surface area contributed by atoms with Crippen LogP contribution in [0.4, 0.5) is 0 Å². The number of aromatic nitrogens is 1. The normalized spacial score (nSPS) is 17.5. The summed E-state index contributed by atoms with van der Waals surface area (Å²) in [7, 11) is 0. The van der Waals surface area contributed by atoms with E-state index in [-0.39, 0.29) is 24.2 Å². The maximum atomic E-state index is 12.1. The van der Waals surface area contributed by atoms with Crippen molar-refractivity contribution < 1.29 is 4.79 Å². The lowest BCUT2D eigenvalue weighted by Crippen LogP contribution is -2.41. The summed E-state index contributed by atoms with van der Waals surface area (Å²) in [5.41, 5.74) is 1.07. The van der Waals surface area contributed by atoms with Gasteiger partial charge in [-0.05, 0) is 44.9 Å². The van der Waals surface area contributed by atoms with Crippen LogP contribution in [0.2, 0.25) is 0 Å². The zero-order valence-electron chi connectivity index (χ0n) is 13.1. The number of nitrogens with one attached hydrogen (secondary N) is 2. The van der Waals surface area contributed by atoms with Gasteiger partial charge in [-0.15, -0.1) is 35.1 Å². The predicted molar refractivity (Wildman–Crippen MR) is 99.7 cm³/mol. The number of thiazole rings is 1. The van der Waals surface area contributed by atoms with Crippen LogP contribution in [-0.2, 0) is 11.2 Å². The summed E-state index contributed by atoms with van der Waals surface area (Å²) in [6, 6.07) is 4.27. The molecule has 1 fully saturated rings. The highest BCUT2D eigenvalue weighted by molar-refractivity contribution is 7.16. The van der Waals surface area contributed by atoms with E-state index in [1.807, 2.05) is 6.92 Å². The molecule has 2 N–H and O–H groups in total. The van der Waals surface area contributed by atoms with Crippen molar-refractivity contribution >= 4 is 41.0 Å². The fraction of sp³-hybridized carbons (Fsp3) is 0.500. The van der Waals surface area contributed by atoms with E-state index in [0.717, 1.165) is 43.1 Å². The number of rotatable bonds is 5. The Morgan fingerprint density at radius 2 is 2.35 bits per heavy atom. The number of hydrogen-bond acceptors (Lipinski definition) is 5. The number of thiophene rings is 1. The van der Waals surface area contributed by atoms with Gasteiger partial charge in [-0.25, -0.2) is 4.98 Å². The molecule has 0 aliphatic carbocycles. The Labute approximate surface area is 151 Å². The van der Waals surface area contributed by atoms with Gasteiger partial charge in [0.2, 0.25) is 5.91 Å². The quantitative estimate of drug-likeness (QED) is 0.848. The van der Waals surface area contributed by atoms with E-state index in [1.165, 1.54) is 9.75 Å². The zero-order chi connectivity index (χ0) is 15.4. The second-order valence-corrected chi connectivity index (χ2v) is 7.83. The van der Waals surface area contributed by atoms with E-state index >= 15 is 0 Å². The van der Waals surface area contributed by atoms with E-state index < -0.39 is 0 Å². The topological polar surface area (TPSA) is 54.0 Å². The van der Waals surface area contributed by atoms with Crippen molar-refractivity contribution in [2.75, 3.05) is 19.6 Å². The lowest BCUT2D eigenvalue weighted by Gasteiger charge is -2.21. The fourth-order valence-corrected chi connectivity index (χ4v) is 4.31. The molecule has 0 aromatic carbocycles. The second kappa shape index (κ2) is 8.78. The van der Waals surface area contributed by atoms with Crippen LogP contribution in [0.3, 0.4) is 0 Å². The van der Waals surface area contributed by atoms with E-state index in [4.69, 9.17) is 0 Å². The lowest BCUT2D eigenvalue weighted by atomic mass is 9.99. The summed E-state index contributed by atoms with van der Waals surface area (Å²) in [6.45, 7) is 4.60. The molecule has 1 unspecified atom stereocenters. The summed E-state index contributed by atoms with van der Waals surface area (Å²) in [5.74, 6) is 0.338. The van der Waals surface area contributed by atoms with Gasteiger partial charge in [0.25, 0.3) is 0 Å². The Bertz CT molecular complexity index is 635. The Morgan fingerprint density at radius 3 is 3.04 bits per heavy atom. The second-order valence-electron chi connectivity index (χ2n) is 5.60. The summed E-state index contributed by atoms with van der Waals surface area (Å²) < 4.78 is 0. The molecule has 7 heteroatoms. The van der Waals surface area contributed by atoms with Crippen molar-refractivity contribution in [3.63, 3.8) is 0 Å². The molecule has 23 heavy (non-hydrogen) atoms. The van der Waals surface area contributed by atoms with Crippen molar-refractivity contribution in [3.8, 4) is 10.6 Å². The van der Waals surface area contributed by atoms with Gasteiger partial charge in [0.1, 0.15) is 0 Å². The van der Waals surface area contributed by atoms with Crippen molar-refractivity contribution in [2.24, 2.45) is 5.92 Å². The summed E-state index contributed by atoms with van der Waals surface area (Å²) in [4.78, 5) is 19.1. The van der Waals surface area contributed by atoms with E-state index in [2.05, 4.69) is 33.1 Å². The smallest absolute Gasteiger partial charge is 0.224 e. The minimum Gasteiger partial charge on any atom is -0.355 e. The molecule has 1 aliphatic heterocycles. The molecule has 1 saturated heterocycles. The molecular weight excluding hydrogens is 350 g/mol. The van der Waals surface area contributed by atoms with Crippen LogP contribution < -0.4 is 10.6 Å². The lowest BCUT2D eigenvalue weighted by molar-refractivity contribution is -0.125. The minimum atomic E-state index is 0. The van der Waals surface area contributed by atoms with Crippen molar-refractivity contribution in [1.29, 1.82) is 0 Å². The number of hydrogen-bond donors (Lipinski definition) is 2. The van der Waals surface area contributed by atoms with Crippen LogP contribution in [0.1, 0.15) is 22.7 Å². The zero-order valence-corrected chi connectivity index (χ0v) is 15.6. The van der Waals surface area contributed by atoms with Gasteiger partial charge in [0, 0.05) is 23.3 Å². The monoisotopic (exact) mass is 371 g/mol. The number of nitrogens with zero attached hydrogens (tertiary/aromatic N) is 1. The first-order valence-electron chi connectivity index (χ1n) is 7.72. The summed E-state index contributed by atoms with van der Waals surface area (Å²) in [6.07, 6.45) is 2.99. The highest BCUT2D eigenvalue weighted by Gasteiger charge is 2.20. The molecule has 1 aliphatic rings. The third-order valence-electron chi connectivity index (χ3n) is 3.87. The average molecular weight is 372 g/mol. The third-order valence-corrected chi connectivity index (χ3v) is 5.81. The van der Waals surface area contributed by atoms with E-state index in [1.54, 1.807) is 22.7 Å².